The summed E-state index contributed by atoms with van der Waals surface area (Å²) in [5, 5.41) is 6.00. The van der Waals surface area contributed by atoms with Crippen LogP contribution in [0, 0.1) is 6.92 Å². The van der Waals surface area contributed by atoms with Crippen molar-refractivity contribution >= 4 is 17.2 Å². The monoisotopic (exact) mass is 364 g/mol. The highest BCUT2D eigenvalue weighted by Gasteiger charge is 2.13. The van der Waals surface area contributed by atoms with Crippen LogP contribution in [0.25, 0.3) is 10.6 Å². The van der Waals surface area contributed by atoms with Crippen LogP contribution >= 0.6 is 11.3 Å². The molecule has 0 saturated carbocycles. The molecular weight excluding hydrogens is 340 g/mol. The second-order valence-electron chi connectivity index (χ2n) is 6.51. The van der Waals surface area contributed by atoms with E-state index in [1.54, 1.807) is 11.3 Å². The lowest BCUT2D eigenvalue weighted by atomic mass is 9.96. The van der Waals surface area contributed by atoms with Crippen LogP contribution in [-0.2, 0) is 11.2 Å². The zero-order chi connectivity index (χ0) is 18.4. The Bertz CT molecular complexity index is 840. The molecule has 4 heteroatoms. The summed E-state index contributed by atoms with van der Waals surface area (Å²) >= 11 is 1.59. The molecule has 1 aromatic heterocycles. The molecule has 0 unspecified atom stereocenters. The molecule has 134 valence electrons. The lowest BCUT2D eigenvalue weighted by Crippen LogP contribution is -2.29. The van der Waals surface area contributed by atoms with E-state index in [4.69, 9.17) is 0 Å². The van der Waals surface area contributed by atoms with E-state index in [9.17, 15) is 4.79 Å². The van der Waals surface area contributed by atoms with Gasteiger partial charge in [0.15, 0.2) is 0 Å². The molecule has 3 aromatic rings. The average molecular weight is 365 g/mol. The molecule has 3 nitrogen and oxygen atoms in total. The standard InChI is InChI=1S/C22H24N2OS/c1-3-17(18-7-5-4-6-8-18)14-23-21(25)13-20-15-26-22(24-20)19-11-9-16(2)10-12-19/h4-12,15,17H,3,13-14H2,1-2H3,(H,23,25)/t17-/m1/s1. The Hall–Kier alpha value is -2.46. The first-order valence-corrected chi connectivity index (χ1v) is 9.86. The van der Waals surface area contributed by atoms with Gasteiger partial charge in [-0.2, -0.15) is 0 Å². The maximum absolute atomic E-state index is 12.3. The van der Waals surface area contributed by atoms with Gasteiger partial charge in [0.1, 0.15) is 5.01 Å². The number of aromatic nitrogens is 1. The third-order valence-electron chi connectivity index (χ3n) is 4.50. The maximum atomic E-state index is 12.3. The summed E-state index contributed by atoms with van der Waals surface area (Å²) in [6, 6.07) is 18.7. The van der Waals surface area contributed by atoms with Gasteiger partial charge in [0.05, 0.1) is 12.1 Å². The van der Waals surface area contributed by atoms with Crippen LogP contribution in [0.1, 0.15) is 36.1 Å². The van der Waals surface area contributed by atoms with Crippen LogP contribution in [0.2, 0.25) is 0 Å². The summed E-state index contributed by atoms with van der Waals surface area (Å²) in [6.45, 7) is 4.88. The molecule has 0 radical (unpaired) electrons. The largest absolute Gasteiger partial charge is 0.355 e. The second kappa shape index (κ2) is 8.77. The van der Waals surface area contributed by atoms with Crippen LogP contribution in [0.15, 0.2) is 60.0 Å². The van der Waals surface area contributed by atoms with Gasteiger partial charge in [-0.05, 0) is 18.9 Å². The fourth-order valence-corrected chi connectivity index (χ4v) is 3.73. The Labute approximate surface area is 159 Å². The van der Waals surface area contributed by atoms with Crippen molar-refractivity contribution in [3.8, 4) is 10.6 Å². The highest BCUT2D eigenvalue weighted by atomic mass is 32.1. The number of nitrogens with zero attached hydrogens (tertiary/aromatic N) is 1. The fraction of sp³-hybridized carbons (Fsp3) is 0.273. The van der Waals surface area contributed by atoms with Crippen LogP contribution in [0.3, 0.4) is 0 Å². The van der Waals surface area contributed by atoms with E-state index in [1.165, 1.54) is 11.1 Å². The molecule has 0 aliphatic carbocycles. The maximum Gasteiger partial charge on any atom is 0.226 e. The van der Waals surface area contributed by atoms with Crippen molar-refractivity contribution in [2.45, 2.75) is 32.6 Å². The van der Waals surface area contributed by atoms with E-state index < -0.39 is 0 Å². The van der Waals surface area contributed by atoms with Crippen LogP contribution in [0.5, 0.6) is 0 Å². The van der Waals surface area contributed by atoms with Gasteiger partial charge in [-0.15, -0.1) is 11.3 Å². The number of nitrogens with one attached hydrogen (secondary N) is 1. The number of rotatable bonds is 7. The zero-order valence-electron chi connectivity index (χ0n) is 15.2. The molecule has 1 heterocycles. The van der Waals surface area contributed by atoms with Gasteiger partial charge < -0.3 is 5.32 Å². The van der Waals surface area contributed by atoms with Gasteiger partial charge in [0, 0.05) is 23.4 Å². The normalized spacial score (nSPS) is 11.9. The van der Waals surface area contributed by atoms with Crippen molar-refractivity contribution in [3.05, 3.63) is 76.8 Å². The topological polar surface area (TPSA) is 42.0 Å². The van der Waals surface area contributed by atoms with Crippen molar-refractivity contribution in [2.24, 2.45) is 0 Å². The van der Waals surface area contributed by atoms with Crippen molar-refractivity contribution in [2.75, 3.05) is 6.54 Å². The number of hydrogen-bond acceptors (Lipinski definition) is 3. The smallest absolute Gasteiger partial charge is 0.226 e. The minimum absolute atomic E-state index is 0.0279. The molecule has 3 rings (SSSR count). The third-order valence-corrected chi connectivity index (χ3v) is 5.44. The molecule has 2 aromatic carbocycles. The van der Waals surface area contributed by atoms with E-state index >= 15 is 0 Å². The van der Waals surface area contributed by atoms with Crippen LogP contribution < -0.4 is 5.32 Å². The minimum Gasteiger partial charge on any atom is -0.355 e. The third kappa shape index (κ3) is 4.79. The molecular formula is C22H24N2OS. The summed E-state index contributed by atoms with van der Waals surface area (Å²) in [5.74, 6) is 0.374. The summed E-state index contributed by atoms with van der Waals surface area (Å²) < 4.78 is 0. The number of hydrogen-bond donors (Lipinski definition) is 1. The Balaban J connectivity index is 1.56. The predicted molar refractivity (Wildman–Crippen MR) is 108 cm³/mol. The van der Waals surface area contributed by atoms with Gasteiger partial charge in [0.25, 0.3) is 0 Å². The predicted octanol–water partition coefficient (Wildman–Crippen LogP) is 4.97. The molecule has 0 spiro atoms. The number of carbonyl (C=O) groups excluding carboxylic acids is 1. The van der Waals surface area contributed by atoms with E-state index in [0.717, 1.165) is 22.7 Å². The van der Waals surface area contributed by atoms with Gasteiger partial charge in [-0.3, -0.25) is 4.79 Å². The number of thiazole rings is 1. The molecule has 0 bridgehead atoms. The van der Waals surface area contributed by atoms with Crippen molar-refractivity contribution in [3.63, 3.8) is 0 Å². The van der Waals surface area contributed by atoms with Gasteiger partial charge >= 0.3 is 0 Å². The molecule has 26 heavy (non-hydrogen) atoms. The zero-order valence-corrected chi connectivity index (χ0v) is 16.1. The molecule has 0 aliphatic rings. The highest BCUT2D eigenvalue weighted by molar-refractivity contribution is 7.13. The number of carbonyl (C=O) groups is 1. The van der Waals surface area contributed by atoms with Gasteiger partial charge in [0.2, 0.25) is 5.91 Å². The first-order valence-electron chi connectivity index (χ1n) is 8.98. The van der Waals surface area contributed by atoms with Crippen molar-refractivity contribution in [1.29, 1.82) is 0 Å². The van der Waals surface area contributed by atoms with E-state index in [0.29, 0.717) is 18.9 Å². The Kier molecular flexibility index (Phi) is 6.18. The van der Waals surface area contributed by atoms with Gasteiger partial charge in [-0.25, -0.2) is 4.98 Å². The number of aryl methyl sites for hydroxylation is 1. The highest BCUT2D eigenvalue weighted by Crippen LogP contribution is 2.24. The average Bonchev–Trinajstić information content (AvgIpc) is 3.12. The van der Waals surface area contributed by atoms with Crippen LogP contribution in [-0.4, -0.2) is 17.4 Å². The van der Waals surface area contributed by atoms with Crippen LogP contribution in [0.4, 0.5) is 0 Å². The minimum atomic E-state index is 0.0279. The lowest BCUT2D eigenvalue weighted by molar-refractivity contribution is -0.120. The van der Waals surface area contributed by atoms with E-state index in [-0.39, 0.29) is 5.91 Å². The molecule has 1 N–H and O–H groups in total. The molecule has 1 amide bonds. The summed E-state index contributed by atoms with van der Waals surface area (Å²) in [4.78, 5) is 16.9. The Morgan fingerprint density at radius 3 is 2.54 bits per heavy atom. The Morgan fingerprint density at radius 2 is 1.85 bits per heavy atom. The molecule has 1 atom stereocenters. The number of amides is 1. The molecule has 0 aliphatic heterocycles. The summed E-state index contributed by atoms with van der Waals surface area (Å²) in [7, 11) is 0. The second-order valence-corrected chi connectivity index (χ2v) is 7.36. The fourth-order valence-electron chi connectivity index (χ4n) is 2.90. The van der Waals surface area contributed by atoms with Crippen molar-refractivity contribution < 1.29 is 4.79 Å². The SMILES string of the molecule is CC[C@H](CNC(=O)Cc1csc(-c2ccc(C)cc2)n1)c1ccccc1. The first kappa shape index (κ1) is 18.3. The summed E-state index contributed by atoms with van der Waals surface area (Å²) in [6.07, 6.45) is 1.33. The van der Waals surface area contributed by atoms with Gasteiger partial charge in [-0.1, -0.05) is 67.1 Å². The first-order chi connectivity index (χ1) is 12.7. The van der Waals surface area contributed by atoms with Crippen molar-refractivity contribution in [1.82, 2.24) is 10.3 Å². The number of benzene rings is 2. The molecule has 0 saturated heterocycles. The lowest BCUT2D eigenvalue weighted by Gasteiger charge is -2.16. The van der Waals surface area contributed by atoms with E-state index in [2.05, 4.69) is 60.5 Å². The Morgan fingerprint density at radius 1 is 1.12 bits per heavy atom. The quantitative estimate of drug-likeness (QED) is 0.643. The van der Waals surface area contributed by atoms with E-state index in [1.807, 2.05) is 23.6 Å². The summed E-state index contributed by atoms with van der Waals surface area (Å²) in [5.41, 5.74) is 4.43. The molecule has 0 fully saturated rings.